The van der Waals surface area contributed by atoms with E-state index in [0.717, 1.165) is 18.7 Å². The van der Waals surface area contributed by atoms with Crippen LogP contribution in [0.5, 0.6) is 5.75 Å². The van der Waals surface area contributed by atoms with Crippen molar-refractivity contribution in [2.45, 2.75) is 44.9 Å². The molecule has 0 amide bonds. The number of rotatable bonds is 5. The summed E-state index contributed by atoms with van der Waals surface area (Å²) in [5.74, 6) is 0.192. The standard InChI is InChI=1S/C16H22N2O3/c1-5-11-6-7-12(10-18-11)20-14(13-8-9-17-13)15(19)21-16(2,3)4/h5-7,10,13-14,17H,1,8-9H2,2-4H3/t13-,14?/m0/s1. The van der Waals surface area contributed by atoms with E-state index < -0.39 is 11.7 Å². The maximum atomic E-state index is 12.3. The van der Waals surface area contributed by atoms with Crippen molar-refractivity contribution in [2.24, 2.45) is 0 Å². The van der Waals surface area contributed by atoms with Gasteiger partial charge in [0.15, 0.2) is 0 Å². The molecule has 1 aliphatic rings. The van der Waals surface area contributed by atoms with Gasteiger partial charge in [-0.2, -0.15) is 0 Å². The van der Waals surface area contributed by atoms with Gasteiger partial charge in [-0.3, -0.25) is 4.98 Å². The van der Waals surface area contributed by atoms with E-state index in [2.05, 4.69) is 16.9 Å². The Labute approximate surface area is 125 Å². The summed E-state index contributed by atoms with van der Waals surface area (Å²) in [6.07, 6.45) is 3.48. The summed E-state index contributed by atoms with van der Waals surface area (Å²) in [6.45, 7) is 10.1. The smallest absolute Gasteiger partial charge is 0.349 e. The molecule has 1 saturated heterocycles. The minimum Gasteiger partial charge on any atom is -0.475 e. The van der Waals surface area contributed by atoms with Crippen molar-refractivity contribution >= 4 is 12.0 Å². The van der Waals surface area contributed by atoms with E-state index in [0.29, 0.717) is 5.75 Å². The van der Waals surface area contributed by atoms with E-state index in [1.54, 1.807) is 24.4 Å². The third-order valence-corrected chi connectivity index (χ3v) is 3.10. The molecule has 0 aliphatic carbocycles. The van der Waals surface area contributed by atoms with Crippen LogP contribution in [-0.2, 0) is 9.53 Å². The van der Waals surface area contributed by atoms with Crippen molar-refractivity contribution in [2.75, 3.05) is 6.54 Å². The molecule has 1 aromatic heterocycles. The molecule has 0 aromatic carbocycles. The third kappa shape index (κ3) is 4.29. The molecule has 2 rings (SSSR count). The van der Waals surface area contributed by atoms with E-state index in [9.17, 15) is 4.79 Å². The van der Waals surface area contributed by atoms with Crippen LogP contribution >= 0.6 is 0 Å². The highest BCUT2D eigenvalue weighted by Crippen LogP contribution is 2.20. The van der Waals surface area contributed by atoms with Crippen LogP contribution in [-0.4, -0.2) is 35.2 Å². The van der Waals surface area contributed by atoms with Gasteiger partial charge in [-0.1, -0.05) is 6.58 Å². The van der Waals surface area contributed by atoms with Gasteiger partial charge in [0.1, 0.15) is 11.4 Å². The highest BCUT2D eigenvalue weighted by Gasteiger charge is 2.37. The number of esters is 1. The Balaban J connectivity index is 2.08. The lowest BCUT2D eigenvalue weighted by molar-refractivity contribution is -0.165. The number of aromatic nitrogens is 1. The molecule has 0 spiro atoms. The number of nitrogens with one attached hydrogen (secondary N) is 1. The molecule has 1 unspecified atom stereocenters. The van der Waals surface area contributed by atoms with Gasteiger partial charge in [0.25, 0.3) is 0 Å². The van der Waals surface area contributed by atoms with Crippen LogP contribution in [0.2, 0.25) is 0 Å². The maximum Gasteiger partial charge on any atom is 0.349 e. The first-order valence-corrected chi connectivity index (χ1v) is 7.10. The average Bonchev–Trinajstić information content (AvgIpc) is 2.34. The van der Waals surface area contributed by atoms with Crippen molar-refractivity contribution in [1.82, 2.24) is 10.3 Å². The molecule has 2 atom stereocenters. The predicted molar refractivity (Wildman–Crippen MR) is 81.0 cm³/mol. The van der Waals surface area contributed by atoms with Gasteiger partial charge in [0.2, 0.25) is 6.10 Å². The monoisotopic (exact) mass is 290 g/mol. The van der Waals surface area contributed by atoms with Gasteiger partial charge >= 0.3 is 5.97 Å². The molecule has 0 saturated carbocycles. The quantitative estimate of drug-likeness (QED) is 0.842. The van der Waals surface area contributed by atoms with Crippen LogP contribution in [0.15, 0.2) is 24.9 Å². The molecule has 114 valence electrons. The Morgan fingerprint density at radius 2 is 2.24 bits per heavy atom. The Morgan fingerprint density at radius 1 is 1.52 bits per heavy atom. The lowest BCUT2D eigenvalue weighted by Crippen LogP contribution is -2.57. The first-order valence-electron chi connectivity index (χ1n) is 7.10. The zero-order chi connectivity index (χ0) is 15.5. The lowest BCUT2D eigenvalue weighted by Gasteiger charge is -2.35. The number of carbonyl (C=O) groups excluding carboxylic acids is 1. The number of hydrogen-bond acceptors (Lipinski definition) is 5. The Kier molecular flexibility index (Phi) is 4.63. The molecule has 2 heterocycles. The molecule has 1 fully saturated rings. The molecular formula is C16H22N2O3. The topological polar surface area (TPSA) is 60.5 Å². The van der Waals surface area contributed by atoms with Gasteiger partial charge in [-0.15, -0.1) is 0 Å². The van der Waals surface area contributed by atoms with E-state index in [1.165, 1.54) is 0 Å². The molecule has 1 aromatic rings. The summed E-state index contributed by atoms with van der Waals surface area (Å²) in [7, 11) is 0. The van der Waals surface area contributed by atoms with E-state index in [1.807, 2.05) is 20.8 Å². The number of hydrogen-bond donors (Lipinski definition) is 1. The molecular weight excluding hydrogens is 268 g/mol. The minimum atomic E-state index is -0.658. The lowest BCUT2D eigenvalue weighted by atomic mass is 10.0. The van der Waals surface area contributed by atoms with Crippen LogP contribution in [0, 0.1) is 0 Å². The molecule has 5 nitrogen and oxygen atoms in total. The van der Waals surface area contributed by atoms with Crippen LogP contribution in [0.4, 0.5) is 0 Å². The zero-order valence-electron chi connectivity index (χ0n) is 12.8. The van der Waals surface area contributed by atoms with Crippen LogP contribution < -0.4 is 10.1 Å². The summed E-state index contributed by atoms with van der Waals surface area (Å²) >= 11 is 0. The molecule has 1 N–H and O–H groups in total. The van der Waals surface area contributed by atoms with Crippen LogP contribution in [0.25, 0.3) is 6.08 Å². The normalized spacial score (nSPS) is 19.3. The first kappa shape index (κ1) is 15.5. The highest BCUT2D eigenvalue weighted by atomic mass is 16.6. The molecule has 0 bridgehead atoms. The Morgan fingerprint density at radius 3 is 2.67 bits per heavy atom. The predicted octanol–water partition coefficient (Wildman–Crippen LogP) is 2.18. The third-order valence-electron chi connectivity index (χ3n) is 3.10. The van der Waals surface area contributed by atoms with E-state index in [-0.39, 0.29) is 12.0 Å². The Hall–Kier alpha value is -1.88. The van der Waals surface area contributed by atoms with Gasteiger partial charge in [0, 0.05) is 0 Å². The first-order chi connectivity index (χ1) is 9.89. The summed E-state index contributed by atoms with van der Waals surface area (Å²) in [5.41, 5.74) is 0.228. The molecule has 5 heteroatoms. The van der Waals surface area contributed by atoms with Crippen LogP contribution in [0.1, 0.15) is 32.9 Å². The Bertz CT molecular complexity index is 501. The minimum absolute atomic E-state index is 0.0149. The second-order valence-electron chi connectivity index (χ2n) is 6.04. The SMILES string of the molecule is C=Cc1ccc(OC(C(=O)OC(C)(C)C)[C@@H]2CCN2)cn1. The molecule has 0 radical (unpaired) electrons. The summed E-state index contributed by atoms with van der Waals surface area (Å²) in [6, 6.07) is 3.56. The maximum absolute atomic E-state index is 12.3. The van der Waals surface area contributed by atoms with Crippen molar-refractivity contribution in [3.63, 3.8) is 0 Å². The second kappa shape index (κ2) is 6.26. The summed E-state index contributed by atoms with van der Waals surface area (Å²) < 4.78 is 11.2. The molecule has 21 heavy (non-hydrogen) atoms. The average molecular weight is 290 g/mol. The van der Waals surface area contributed by atoms with Gasteiger partial charge in [-0.25, -0.2) is 4.79 Å². The number of carbonyl (C=O) groups is 1. The van der Waals surface area contributed by atoms with Crippen molar-refractivity contribution in [3.05, 3.63) is 30.6 Å². The van der Waals surface area contributed by atoms with Crippen molar-refractivity contribution < 1.29 is 14.3 Å². The van der Waals surface area contributed by atoms with Crippen LogP contribution in [0.3, 0.4) is 0 Å². The zero-order valence-corrected chi connectivity index (χ0v) is 12.8. The van der Waals surface area contributed by atoms with E-state index in [4.69, 9.17) is 9.47 Å². The number of nitrogens with zero attached hydrogens (tertiary/aromatic N) is 1. The summed E-state index contributed by atoms with van der Waals surface area (Å²) in [4.78, 5) is 16.5. The van der Waals surface area contributed by atoms with Gasteiger partial charge in [-0.05, 0) is 51.9 Å². The summed E-state index contributed by atoms with van der Waals surface area (Å²) in [5, 5.41) is 3.19. The fraction of sp³-hybridized carbons (Fsp3) is 0.500. The van der Waals surface area contributed by atoms with Crippen molar-refractivity contribution in [3.8, 4) is 5.75 Å². The second-order valence-corrected chi connectivity index (χ2v) is 6.04. The van der Waals surface area contributed by atoms with E-state index >= 15 is 0 Å². The van der Waals surface area contributed by atoms with Gasteiger partial charge in [0.05, 0.1) is 17.9 Å². The van der Waals surface area contributed by atoms with Gasteiger partial charge < -0.3 is 14.8 Å². The highest BCUT2D eigenvalue weighted by molar-refractivity contribution is 5.76. The fourth-order valence-corrected chi connectivity index (χ4v) is 1.95. The fourth-order valence-electron chi connectivity index (χ4n) is 1.95. The van der Waals surface area contributed by atoms with Crippen molar-refractivity contribution in [1.29, 1.82) is 0 Å². The molecule has 1 aliphatic heterocycles. The largest absolute Gasteiger partial charge is 0.475 e. The number of pyridine rings is 1. The number of ether oxygens (including phenoxy) is 2.